The van der Waals surface area contributed by atoms with Crippen molar-refractivity contribution < 1.29 is 14.3 Å². The number of carbonyl (C=O) groups excluding carboxylic acids is 2. The van der Waals surface area contributed by atoms with Gasteiger partial charge >= 0.3 is 0 Å². The van der Waals surface area contributed by atoms with E-state index in [1.807, 2.05) is 25.1 Å². The Labute approximate surface area is 160 Å². The SMILES string of the molecule is Cc1cc(Br)c(OCC(=O)N/N=C2\C(=O)Nc3ccccc32)c(Br)c1. The molecule has 0 bridgehead atoms. The minimum atomic E-state index is -0.468. The molecule has 3 rings (SSSR count). The van der Waals surface area contributed by atoms with Crippen molar-refractivity contribution in [2.75, 3.05) is 11.9 Å². The number of fused-ring (bicyclic) bond motifs is 1. The Bertz CT molecular complexity index is 873. The molecule has 1 heterocycles. The molecule has 0 radical (unpaired) electrons. The number of aryl methyl sites for hydroxylation is 1. The Kier molecular flexibility index (Phi) is 5.19. The fraction of sp³-hybridized carbons (Fsp3) is 0.118. The monoisotopic (exact) mass is 465 g/mol. The van der Waals surface area contributed by atoms with Crippen molar-refractivity contribution >= 4 is 55.1 Å². The molecule has 1 aliphatic heterocycles. The second-order valence-corrected chi connectivity index (χ2v) is 7.05. The van der Waals surface area contributed by atoms with Crippen LogP contribution >= 0.6 is 31.9 Å². The summed E-state index contributed by atoms with van der Waals surface area (Å²) in [4.78, 5) is 23.9. The van der Waals surface area contributed by atoms with Gasteiger partial charge in [0.1, 0.15) is 5.75 Å². The number of rotatable bonds is 4. The van der Waals surface area contributed by atoms with Gasteiger partial charge in [-0.2, -0.15) is 5.10 Å². The van der Waals surface area contributed by atoms with Crippen LogP contribution in [0, 0.1) is 6.92 Å². The number of halogens is 2. The number of amides is 2. The summed E-state index contributed by atoms with van der Waals surface area (Å²) in [6.07, 6.45) is 0. The molecule has 0 aromatic heterocycles. The van der Waals surface area contributed by atoms with Gasteiger partial charge in [-0.15, -0.1) is 0 Å². The lowest BCUT2D eigenvalue weighted by Gasteiger charge is -2.10. The molecular weight excluding hydrogens is 454 g/mol. The molecule has 25 heavy (non-hydrogen) atoms. The van der Waals surface area contributed by atoms with Gasteiger partial charge in [-0.3, -0.25) is 9.59 Å². The lowest BCUT2D eigenvalue weighted by Crippen LogP contribution is -2.27. The number of carbonyl (C=O) groups is 2. The first-order chi connectivity index (χ1) is 12.0. The lowest BCUT2D eigenvalue weighted by atomic mass is 10.1. The molecule has 0 unspecified atom stereocenters. The Morgan fingerprint density at radius 1 is 1.24 bits per heavy atom. The van der Waals surface area contributed by atoms with Gasteiger partial charge in [0.05, 0.1) is 14.6 Å². The zero-order chi connectivity index (χ0) is 18.0. The summed E-state index contributed by atoms with van der Waals surface area (Å²) in [6.45, 7) is 1.72. The number of anilines is 1. The van der Waals surface area contributed by atoms with Gasteiger partial charge in [0, 0.05) is 5.56 Å². The highest BCUT2D eigenvalue weighted by molar-refractivity contribution is 9.11. The second-order valence-electron chi connectivity index (χ2n) is 5.34. The molecule has 128 valence electrons. The van der Waals surface area contributed by atoms with Crippen LogP contribution in [0.15, 0.2) is 50.4 Å². The van der Waals surface area contributed by atoms with E-state index in [2.05, 4.69) is 47.7 Å². The quantitative estimate of drug-likeness (QED) is 0.678. The summed E-state index contributed by atoms with van der Waals surface area (Å²) in [5, 5.41) is 6.60. The molecule has 6 nitrogen and oxygen atoms in total. The van der Waals surface area contributed by atoms with Gasteiger partial charge in [0.2, 0.25) is 0 Å². The summed E-state index contributed by atoms with van der Waals surface area (Å²) in [7, 11) is 0. The Morgan fingerprint density at radius 2 is 1.92 bits per heavy atom. The summed E-state index contributed by atoms with van der Waals surface area (Å²) in [6, 6.07) is 10.9. The van der Waals surface area contributed by atoms with Gasteiger partial charge in [-0.1, -0.05) is 18.2 Å². The standard InChI is InChI=1S/C17H13Br2N3O3/c1-9-6-11(18)16(12(19)7-9)25-8-14(23)21-22-15-10-4-2-3-5-13(10)20-17(15)24/h2-7H,8H2,1H3,(H,21,23)(H,20,22,24). The van der Waals surface area contributed by atoms with Gasteiger partial charge in [0.15, 0.2) is 12.3 Å². The van der Waals surface area contributed by atoms with E-state index in [0.29, 0.717) is 17.0 Å². The second kappa shape index (κ2) is 7.37. The van der Waals surface area contributed by atoms with Gasteiger partial charge in [0.25, 0.3) is 11.8 Å². The van der Waals surface area contributed by atoms with Crippen molar-refractivity contribution in [3.05, 3.63) is 56.5 Å². The number of ether oxygens (including phenoxy) is 1. The molecule has 2 aromatic rings. The third-order valence-electron chi connectivity index (χ3n) is 3.43. The first-order valence-electron chi connectivity index (χ1n) is 7.31. The zero-order valence-electron chi connectivity index (χ0n) is 13.1. The predicted molar refractivity (Wildman–Crippen MR) is 102 cm³/mol. The average molecular weight is 467 g/mol. The number of para-hydroxylation sites is 1. The molecule has 0 spiro atoms. The van der Waals surface area contributed by atoms with Crippen LogP contribution < -0.4 is 15.5 Å². The van der Waals surface area contributed by atoms with Gasteiger partial charge < -0.3 is 10.1 Å². The molecule has 0 saturated carbocycles. The third-order valence-corrected chi connectivity index (χ3v) is 4.61. The van der Waals surface area contributed by atoms with Crippen LogP contribution in [0.2, 0.25) is 0 Å². The molecule has 0 aliphatic carbocycles. The van der Waals surface area contributed by atoms with E-state index in [-0.39, 0.29) is 18.2 Å². The Balaban J connectivity index is 1.65. The molecule has 2 N–H and O–H groups in total. The van der Waals surface area contributed by atoms with Crippen molar-refractivity contribution in [1.82, 2.24) is 5.43 Å². The molecular formula is C17H13Br2N3O3. The van der Waals surface area contributed by atoms with E-state index in [9.17, 15) is 9.59 Å². The third kappa shape index (κ3) is 3.91. The number of nitrogens with one attached hydrogen (secondary N) is 2. The highest BCUT2D eigenvalue weighted by Gasteiger charge is 2.25. The van der Waals surface area contributed by atoms with Crippen molar-refractivity contribution in [2.24, 2.45) is 5.10 Å². The van der Waals surface area contributed by atoms with E-state index in [1.165, 1.54) is 0 Å². The number of benzene rings is 2. The van der Waals surface area contributed by atoms with Crippen LogP contribution in [-0.4, -0.2) is 24.1 Å². The largest absolute Gasteiger partial charge is 0.481 e. The minimum Gasteiger partial charge on any atom is -0.481 e. The molecule has 1 aliphatic rings. The summed E-state index contributed by atoms with van der Waals surface area (Å²) >= 11 is 6.80. The smallest absolute Gasteiger partial charge is 0.277 e. The topological polar surface area (TPSA) is 79.8 Å². The maximum Gasteiger partial charge on any atom is 0.277 e. The molecule has 0 fully saturated rings. The van der Waals surface area contributed by atoms with Crippen LogP contribution in [0.1, 0.15) is 11.1 Å². The van der Waals surface area contributed by atoms with E-state index < -0.39 is 5.91 Å². The first-order valence-corrected chi connectivity index (χ1v) is 8.90. The molecule has 2 aromatic carbocycles. The highest BCUT2D eigenvalue weighted by Crippen LogP contribution is 2.34. The summed E-state index contributed by atoms with van der Waals surface area (Å²) in [5.74, 6) is -0.298. The van der Waals surface area contributed by atoms with Crippen LogP contribution in [0.25, 0.3) is 0 Å². The fourth-order valence-corrected chi connectivity index (χ4v) is 3.97. The van der Waals surface area contributed by atoms with E-state index in [4.69, 9.17) is 4.74 Å². The Morgan fingerprint density at radius 3 is 2.64 bits per heavy atom. The van der Waals surface area contributed by atoms with Crippen LogP contribution in [0.5, 0.6) is 5.75 Å². The van der Waals surface area contributed by atoms with Crippen molar-refractivity contribution in [3.63, 3.8) is 0 Å². The number of hydrazone groups is 1. The fourth-order valence-electron chi connectivity index (χ4n) is 2.33. The Hall–Kier alpha value is -2.19. The van der Waals surface area contributed by atoms with Crippen molar-refractivity contribution in [3.8, 4) is 5.75 Å². The lowest BCUT2D eigenvalue weighted by molar-refractivity contribution is -0.123. The highest BCUT2D eigenvalue weighted by atomic mass is 79.9. The van der Waals surface area contributed by atoms with Gasteiger partial charge in [-0.25, -0.2) is 5.43 Å². The maximum absolute atomic E-state index is 12.0. The minimum absolute atomic E-state index is 0.168. The molecule has 0 saturated heterocycles. The van der Waals surface area contributed by atoms with Crippen molar-refractivity contribution in [1.29, 1.82) is 0 Å². The maximum atomic E-state index is 12.0. The number of hydrogen-bond acceptors (Lipinski definition) is 4. The first kappa shape index (κ1) is 17.6. The molecule has 8 heteroatoms. The van der Waals surface area contributed by atoms with E-state index in [0.717, 1.165) is 14.5 Å². The molecule has 0 atom stereocenters. The van der Waals surface area contributed by atoms with E-state index >= 15 is 0 Å². The number of nitrogens with zero attached hydrogens (tertiary/aromatic N) is 1. The average Bonchev–Trinajstić information content (AvgIpc) is 2.87. The predicted octanol–water partition coefficient (Wildman–Crippen LogP) is 3.37. The van der Waals surface area contributed by atoms with E-state index in [1.54, 1.807) is 18.2 Å². The van der Waals surface area contributed by atoms with Crippen LogP contribution in [0.3, 0.4) is 0 Å². The van der Waals surface area contributed by atoms with Crippen LogP contribution in [0.4, 0.5) is 5.69 Å². The van der Waals surface area contributed by atoms with Crippen LogP contribution in [-0.2, 0) is 9.59 Å². The summed E-state index contributed by atoms with van der Waals surface area (Å²) in [5.41, 5.74) is 4.89. The molecule has 2 amide bonds. The normalized spacial score (nSPS) is 14.2. The van der Waals surface area contributed by atoms with Crippen molar-refractivity contribution in [2.45, 2.75) is 6.92 Å². The number of hydrogen-bond donors (Lipinski definition) is 2. The zero-order valence-corrected chi connectivity index (χ0v) is 16.3. The van der Waals surface area contributed by atoms with Gasteiger partial charge in [-0.05, 0) is 62.5 Å². The summed E-state index contributed by atoms with van der Waals surface area (Å²) < 4.78 is 7.00.